The number of hydrogen-bond acceptors (Lipinski definition) is 13. The molecule has 3 amide bonds. The van der Waals surface area contributed by atoms with E-state index in [-0.39, 0.29) is 31.3 Å². The molecule has 5 atom stereocenters. The molecule has 1 aliphatic heterocycles. The SMILES string of the molecule is Cc1ncsc1-c1ccc([C@H](C)NC(=O)[C@@H]2C[C@@H](O)CN2C(=O)C(NC(=O)CCCCCCN(C)CCC(CSc2ccccc2)Nc2ccc(S(N)(=O)=O)cc2S(=O)(=O)C(F)(F)F)C(C)(C)C)cc1. The zero-order chi connectivity index (χ0) is 51.6. The van der Waals surface area contributed by atoms with Gasteiger partial charge in [-0.1, -0.05) is 76.1 Å². The summed E-state index contributed by atoms with van der Waals surface area (Å²) >= 11 is 2.97. The fourth-order valence-corrected chi connectivity index (χ4v) is 11.4. The Balaban J connectivity index is 1.11. The molecule has 6 N–H and O–H groups in total. The number of carbonyl (C=O) groups excluding carboxylic acids is 3. The number of aromatic nitrogens is 1. The van der Waals surface area contributed by atoms with Crippen LogP contribution in [0, 0.1) is 12.3 Å². The number of nitrogens with zero attached hydrogens (tertiary/aromatic N) is 3. The summed E-state index contributed by atoms with van der Waals surface area (Å²) in [5.74, 6) is -0.812. The van der Waals surface area contributed by atoms with Gasteiger partial charge < -0.3 is 30.9 Å². The normalized spacial score (nSPS) is 17.0. The topological polar surface area (TPSA) is 221 Å². The maximum atomic E-state index is 14.1. The third kappa shape index (κ3) is 15.5. The molecule has 0 radical (unpaired) electrons. The average Bonchev–Trinajstić information content (AvgIpc) is 3.91. The van der Waals surface area contributed by atoms with Crippen LogP contribution in [0.5, 0.6) is 0 Å². The van der Waals surface area contributed by atoms with Crippen LogP contribution in [0.25, 0.3) is 10.4 Å². The molecule has 0 spiro atoms. The van der Waals surface area contributed by atoms with E-state index in [1.54, 1.807) is 16.8 Å². The van der Waals surface area contributed by atoms with Gasteiger partial charge in [0.1, 0.15) is 17.0 Å². The third-order valence-electron chi connectivity index (χ3n) is 12.0. The minimum Gasteiger partial charge on any atom is -0.391 e. The molecule has 1 aliphatic rings. The summed E-state index contributed by atoms with van der Waals surface area (Å²) in [6.45, 7) is 10.4. The molecule has 1 fully saturated rings. The van der Waals surface area contributed by atoms with Crippen molar-refractivity contribution in [1.82, 2.24) is 25.4 Å². The zero-order valence-corrected chi connectivity index (χ0v) is 43.4. The number of primary sulfonamides is 1. The molecule has 0 aliphatic carbocycles. The van der Waals surface area contributed by atoms with Crippen LogP contribution >= 0.6 is 23.1 Å². The van der Waals surface area contributed by atoms with Crippen molar-refractivity contribution >= 4 is 66.4 Å². The Morgan fingerprint density at radius 3 is 2.24 bits per heavy atom. The van der Waals surface area contributed by atoms with Gasteiger partial charge in [-0.15, -0.1) is 23.1 Å². The second kappa shape index (κ2) is 24.2. The quantitative estimate of drug-likeness (QED) is 0.0366. The molecule has 1 aromatic heterocycles. The van der Waals surface area contributed by atoms with Crippen LogP contribution < -0.4 is 21.1 Å². The largest absolute Gasteiger partial charge is 0.501 e. The minimum atomic E-state index is -5.97. The number of β-amino-alcohol motifs (C(OH)–C–C–N with tert-alkyl or cyclic N) is 1. The Kier molecular flexibility index (Phi) is 19.5. The molecule has 0 bridgehead atoms. The van der Waals surface area contributed by atoms with Crippen molar-refractivity contribution in [1.29, 1.82) is 0 Å². The van der Waals surface area contributed by atoms with E-state index >= 15 is 0 Å². The molecule has 384 valence electrons. The number of sulfone groups is 1. The summed E-state index contributed by atoms with van der Waals surface area (Å²) in [6, 6.07) is 16.6. The summed E-state index contributed by atoms with van der Waals surface area (Å²) in [7, 11) is -8.61. The van der Waals surface area contributed by atoms with Gasteiger partial charge in [-0.3, -0.25) is 14.4 Å². The van der Waals surface area contributed by atoms with Crippen LogP contribution in [-0.2, 0) is 34.2 Å². The number of alkyl halides is 3. The first kappa shape index (κ1) is 56.3. The second-order valence-electron chi connectivity index (χ2n) is 18.8. The highest BCUT2D eigenvalue weighted by atomic mass is 32.2. The number of nitrogens with two attached hydrogens (primary N) is 1. The van der Waals surface area contributed by atoms with Crippen molar-refractivity contribution in [3.8, 4) is 10.4 Å². The third-order valence-corrected chi connectivity index (χ3v) is 16.6. The number of halogens is 3. The Morgan fingerprint density at radius 2 is 1.63 bits per heavy atom. The first-order chi connectivity index (χ1) is 32.8. The smallest absolute Gasteiger partial charge is 0.391 e. The minimum absolute atomic E-state index is 0.0423. The van der Waals surface area contributed by atoms with Gasteiger partial charge in [0.2, 0.25) is 27.7 Å². The molecule has 70 heavy (non-hydrogen) atoms. The van der Waals surface area contributed by atoms with E-state index in [2.05, 4.69) is 20.9 Å². The van der Waals surface area contributed by atoms with Gasteiger partial charge in [-0.25, -0.2) is 27.0 Å². The van der Waals surface area contributed by atoms with E-state index in [9.17, 15) is 49.5 Å². The molecule has 2 heterocycles. The molecule has 1 saturated heterocycles. The summed E-state index contributed by atoms with van der Waals surface area (Å²) in [4.78, 5) is 48.8. The summed E-state index contributed by atoms with van der Waals surface area (Å²) in [5, 5.41) is 24.7. The number of anilines is 1. The van der Waals surface area contributed by atoms with Crippen LogP contribution in [0.4, 0.5) is 18.9 Å². The lowest BCUT2D eigenvalue weighted by atomic mass is 9.85. The van der Waals surface area contributed by atoms with Crippen molar-refractivity contribution in [3.63, 3.8) is 0 Å². The lowest BCUT2D eigenvalue weighted by Gasteiger charge is -2.35. The number of nitrogens with one attached hydrogen (secondary N) is 3. The fourth-order valence-electron chi connectivity index (χ4n) is 8.03. The summed E-state index contributed by atoms with van der Waals surface area (Å²) in [6.07, 6.45) is 2.51. The number of rotatable bonds is 23. The lowest BCUT2D eigenvalue weighted by molar-refractivity contribution is -0.144. The van der Waals surface area contributed by atoms with Crippen LogP contribution in [0.3, 0.4) is 0 Å². The number of carbonyl (C=O) groups is 3. The maximum absolute atomic E-state index is 14.1. The first-order valence-electron chi connectivity index (χ1n) is 23.0. The molecule has 4 aromatic rings. The average molecular weight is 1050 g/mol. The molecule has 2 unspecified atom stereocenters. The predicted molar refractivity (Wildman–Crippen MR) is 267 cm³/mol. The Labute approximate surface area is 417 Å². The maximum Gasteiger partial charge on any atom is 0.501 e. The number of aliphatic hydroxyl groups excluding tert-OH is 1. The van der Waals surface area contributed by atoms with Gasteiger partial charge in [0.05, 0.1) is 38.8 Å². The molecular formula is C48H64F3N7O8S4. The number of aliphatic hydroxyl groups is 1. The number of aryl methyl sites for hydroxylation is 1. The van der Waals surface area contributed by atoms with Crippen molar-refractivity contribution in [2.75, 3.05) is 37.8 Å². The molecule has 3 aromatic carbocycles. The number of likely N-dealkylation sites (tertiary alicyclic amines) is 1. The number of thiazole rings is 1. The zero-order valence-electron chi connectivity index (χ0n) is 40.2. The highest BCUT2D eigenvalue weighted by Gasteiger charge is 2.49. The van der Waals surface area contributed by atoms with Crippen molar-refractivity contribution in [2.24, 2.45) is 10.6 Å². The number of unbranched alkanes of at least 4 members (excludes halogenated alkanes) is 3. The highest BCUT2D eigenvalue weighted by molar-refractivity contribution is 7.99. The molecular weight excluding hydrogens is 988 g/mol. The van der Waals surface area contributed by atoms with Crippen LogP contribution in [-0.4, -0.2) is 117 Å². The van der Waals surface area contributed by atoms with E-state index in [4.69, 9.17) is 5.14 Å². The Bertz CT molecular complexity index is 2630. The van der Waals surface area contributed by atoms with E-state index < -0.39 is 82.3 Å². The monoisotopic (exact) mass is 1050 g/mol. The van der Waals surface area contributed by atoms with E-state index in [0.717, 1.165) is 51.6 Å². The number of benzene rings is 3. The molecule has 0 saturated carbocycles. The van der Waals surface area contributed by atoms with Gasteiger partial charge >= 0.3 is 5.51 Å². The first-order valence-corrected chi connectivity index (χ1v) is 27.9. The standard InChI is InChI=1S/C48H64F3N7O8S4/c1-31(33-17-19-34(20-18-33)43-32(2)53-30-68-43)54-45(61)40-26-36(59)28-58(40)46(62)44(47(3,4)5)56-42(60)16-12-7-8-13-24-57(6)25-23-35(29-67-37-14-10-9-11-15-37)55-39-22-21-38(70(52,65)66)27-41(39)69(63,64)48(49,50)51/h9-11,14-15,17-22,27,30-31,35-36,40,44,55,59H,7-8,12-13,16,23-26,28-29H2,1-6H3,(H,54,61)(H,56,60)(H2,52,65,66)/t31-,35?,36+,40-,44?/m0/s1. The van der Waals surface area contributed by atoms with Crippen LogP contribution in [0.15, 0.2) is 93.0 Å². The van der Waals surface area contributed by atoms with Gasteiger partial charge in [-0.2, -0.15) is 13.2 Å². The number of thioether (sulfide) groups is 1. The Hall–Kier alpha value is -4.58. The summed E-state index contributed by atoms with van der Waals surface area (Å²) < 4.78 is 90.6. The van der Waals surface area contributed by atoms with Crippen molar-refractivity contribution in [2.45, 2.75) is 130 Å². The van der Waals surface area contributed by atoms with Crippen LogP contribution in [0.2, 0.25) is 0 Å². The highest BCUT2D eigenvalue weighted by Crippen LogP contribution is 2.37. The fraction of sp³-hybridized carbons (Fsp3) is 0.500. The van der Waals surface area contributed by atoms with Gasteiger partial charge in [0, 0.05) is 36.1 Å². The predicted octanol–water partition coefficient (Wildman–Crippen LogP) is 7.27. The number of hydrogen-bond donors (Lipinski definition) is 5. The number of sulfonamides is 1. The number of amides is 3. The van der Waals surface area contributed by atoms with Gasteiger partial charge in [-0.05, 0) is 100 Å². The summed E-state index contributed by atoms with van der Waals surface area (Å²) in [5.41, 5.74) is -2.18. The van der Waals surface area contributed by atoms with Gasteiger partial charge in [0.15, 0.2) is 0 Å². The van der Waals surface area contributed by atoms with Gasteiger partial charge in [0.25, 0.3) is 9.84 Å². The van der Waals surface area contributed by atoms with Crippen molar-refractivity contribution < 1.29 is 49.5 Å². The van der Waals surface area contributed by atoms with Crippen molar-refractivity contribution in [3.05, 3.63) is 89.6 Å². The molecule has 22 heteroatoms. The van der Waals surface area contributed by atoms with E-state index in [1.165, 1.54) is 16.7 Å². The van der Waals surface area contributed by atoms with Crippen LogP contribution in [0.1, 0.15) is 89.9 Å². The molecule has 5 rings (SSSR count). The molecule has 15 nitrogen and oxygen atoms in total. The second-order valence-corrected chi connectivity index (χ2v) is 24.2. The Morgan fingerprint density at radius 1 is 0.957 bits per heavy atom. The van der Waals surface area contributed by atoms with E-state index in [0.29, 0.717) is 44.2 Å². The lowest BCUT2D eigenvalue weighted by Crippen LogP contribution is -2.57. The van der Waals surface area contributed by atoms with E-state index in [1.807, 2.05) is 101 Å².